The SMILES string of the molecule is COc1ccc(CCNC(=O)c2ncoc2-c2cccc(Cl)c2)cc1OC. The third-order valence-corrected chi connectivity index (χ3v) is 4.25. The van der Waals surface area contributed by atoms with Crippen LogP contribution in [0.5, 0.6) is 11.5 Å². The van der Waals surface area contributed by atoms with Crippen LogP contribution in [0.4, 0.5) is 0 Å². The van der Waals surface area contributed by atoms with Gasteiger partial charge in [0, 0.05) is 17.1 Å². The minimum atomic E-state index is -0.306. The van der Waals surface area contributed by atoms with E-state index in [1.807, 2.05) is 24.3 Å². The molecule has 0 atom stereocenters. The average Bonchev–Trinajstić information content (AvgIpc) is 3.17. The second-order valence-corrected chi connectivity index (χ2v) is 6.17. The molecule has 0 bridgehead atoms. The molecule has 0 fully saturated rings. The molecule has 1 N–H and O–H groups in total. The van der Waals surface area contributed by atoms with Crippen molar-refractivity contribution in [2.75, 3.05) is 20.8 Å². The van der Waals surface area contributed by atoms with Gasteiger partial charge in [-0.25, -0.2) is 4.98 Å². The van der Waals surface area contributed by atoms with E-state index in [-0.39, 0.29) is 11.6 Å². The molecular weight excluding hydrogens is 368 g/mol. The summed E-state index contributed by atoms with van der Waals surface area (Å²) in [5.41, 5.74) is 1.94. The number of rotatable bonds is 7. The fourth-order valence-corrected chi connectivity index (χ4v) is 2.87. The van der Waals surface area contributed by atoms with Crippen molar-refractivity contribution in [1.82, 2.24) is 10.3 Å². The molecule has 1 aromatic heterocycles. The van der Waals surface area contributed by atoms with Crippen LogP contribution in [0.25, 0.3) is 11.3 Å². The predicted molar refractivity (Wildman–Crippen MR) is 103 cm³/mol. The smallest absolute Gasteiger partial charge is 0.273 e. The van der Waals surface area contributed by atoms with Crippen LogP contribution in [0, 0.1) is 0 Å². The van der Waals surface area contributed by atoms with E-state index in [0.717, 1.165) is 5.56 Å². The van der Waals surface area contributed by atoms with Gasteiger partial charge in [-0.1, -0.05) is 29.8 Å². The molecular formula is C20H19ClN2O4. The summed E-state index contributed by atoms with van der Waals surface area (Å²) >= 11 is 6.01. The van der Waals surface area contributed by atoms with Crippen LogP contribution >= 0.6 is 11.6 Å². The second-order valence-electron chi connectivity index (χ2n) is 5.74. The van der Waals surface area contributed by atoms with E-state index in [4.69, 9.17) is 25.5 Å². The van der Waals surface area contributed by atoms with Gasteiger partial charge >= 0.3 is 0 Å². The molecule has 3 rings (SSSR count). The Morgan fingerprint density at radius 2 is 1.96 bits per heavy atom. The number of carbonyl (C=O) groups excluding carboxylic acids is 1. The van der Waals surface area contributed by atoms with Crippen LogP contribution in [0.3, 0.4) is 0 Å². The lowest BCUT2D eigenvalue weighted by Crippen LogP contribution is -2.26. The minimum Gasteiger partial charge on any atom is -0.493 e. The molecule has 1 amide bonds. The Balaban J connectivity index is 1.65. The number of nitrogens with one attached hydrogen (secondary N) is 1. The lowest BCUT2D eigenvalue weighted by atomic mass is 10.1. The summed E-state index contributed by atoms with van der Waals surface area (Å²) in [7, 11) is 3.18. The van der Waals surface area contributed by atoms with E-state index in [1.165, 1.54) is 6.39 Å². The third-order valence-electron chi connectivity index (χ3n) is 4.02. The first kappa shape index (κ1) is 18.8. The highest BCUT2D eigenvalue weighted by molar-refractivity contribution is 6.30. The van der Waals surface area contributed by atoms with Crippen molar-refractivity contribution in [2.45, 2.75) is 6.42 Å². The van der Waals surface area contributed by atoms with Crippen molar-refractivity contribution in [3.05, 3.63) is 65.1 Å². The van der Waals surface area contributed by atoms with E-state index in [0.29, 0.717) is 40.8 Å². The minimum absolute atomic E-state index is 0.226. The lowest BCUT2D eigenvalue weighted by molar-refractivity contribution is 0.0950. The molecule has 0 aliphatic heterocycles. The highest BCUT2D eigenvalue weighted by atomic mass is 35.5. The number of aromatic nitrogens is 1. The van der Waals surface area contributed by atoms with Crippen LogP contribution in [-0.4, -0.2) is 31.7 Å². The topological polar surface area (TPSA) is 73.6 Å². The quantitative estimate of drug-likeness (QED) is 0.664. The Morgan fingerprint density at radius 1 is 1.15 bits per heavy atom. The molecule has 0 aliphatic carbocycles. The van der Waals surface area contributed by atoms with Gasteiger partial charge in [0.05, 0.1) is 14.2 Å². The second kappa shape index (κ2) is 8.60. The zero-order valence-electron chi connectivity index (χ0n) is 15.0. The molecule has 3 aromatic rings. The molecule has 27 heavy (non-hydrogen) atoms. The van der Waals surface area contributed by atoms with Gasteiger partial charge in [0.15, 0.2) is 29.3 Å². The molecule has 2 aromatic carbocycles. The van der Waals surface area contributed by atoms with Crippen LogP contribution in [-0.2, 0) is 6.42 Å². The number of halogens is 1. The van der Waals surface area contributed by atoms with Crippen LogP contribution in [0.1, 0.15) is 16.1 Å². The Labute approximate surface area is 162 Å². The maximum atomic E-state index is 12.5. The summed E-state index contributed by atoms with van der Waals surface area (Å²) in [6.07, 6.45) is 1.88. The number of benzene rings is 2. The van der Waals surface area contributed by atoms with E-state index in [2.05, 4.69) is 10.3 Å². The monoisotopic (exact) mass is 386 g/mol. The number of hydrogen-bond donors (Lipinski definition) is 1. The molecule has 0 saturated heterocycles. The molecule has 140 valence electrons. The van der Waals surface area contributed by atoms with Gasteiger partial charge in [0.25, 0.3) is 5.91 Å². The van der Waals surface area contributed by atoms with Crippen molar-refractivity contribution in [1.29, 1.82) is 0 Å². The molecule has 7 heteroatoms. The summed E-state index contributed by atoms with van der Waals surface area (Å²) in [6, 6.07) is 12.7. The largest absolute Gasteiger partial charge is 0.493 e. The Bertz CT molecular complexity index is 939. The average molecular weight is 387 g/mol. The normalized spacial score (nSPS) is 10.5. The van der Waals surface area contributed by atoms with Crippen LogP contribution in [0.15, 0.2) is 53.3 Å². The molecule has 0 unspecified atom stereocenters. The number of carbonyl (C=O) groups is 1. The Hall–Kier alpha value is -2.99. The molecule has 0 radical (unpaired) electrons. The van der Waals surface area contributed by atoms with E-state index in [1.54, 1.807) is 32.4 Å². The third kappa shape index (κ3) is 4.41. The first-order chi connectivity index (χ1) is 13.1. The van der Waals surface area contributed by atoms with Gasteiger partial charge in [0.1, 0.15) is 0 Å². The zero-order valence-corrected chi connectivity index (χ0v) is 15.7. The fourth-order valence-electron chi connectivity index (χ4n) is 2.68. The number of oxazole rings is 1. The number of methoxy groups -OCH3 is 2. The maximum absolute atomic E-state index is 12.5. The first-order valence-corrected chi connectivity index (χ1v) is 8.68. The molecule has 0 saturated carbocycles. The van der Waals surface area contributed by atoms with Crippen molar-refractivity contribution in [2.24, 2.45) is 0 Å². The first-order valence-electron chi connectivity index (χ1n) is 8.31. The van der Waals surface area contributed by atoms with Gasteiger partial charge in [-0.3, -0.25) is 4.79 Å². The molecule has 0 aliphatic rings. The summed E-state index contributed by atoms with van der Waals surface area (Å²) in [5.74, 6) is 1.40. The van der Waals surface area contributed by atoms with Crippen molar-refractivity contribution < 1.29 is 18.7 Å². The standard InChI is InChI=1S/C20H19ClN2O4/c1-25-16-7-6-13(10-17(16)26-2)8-9-22-20(24)18-19(27-12-23-18)14-4-3-5-15(21)11-14/h3-7,10-12H,8-9H2,1-2H3,(H,22,24). The maximum Gasteiger partial charge on any atom is 0.273 e. The highest BCUT2D eigenvalue weighted by Gasteiger charge is 2.18. The fraction of sp³-hybridized carbons (Fsp3) is 0.200. The van der Waals surface area contributed by atoms with Gasteiger partial charge < -0.3 is 19.2 Å². The van der Waals surface area contributed by atoms with E-state index in [9.17, 15) is 4.79 Å². The number of ether oxygens (including phenoxy) is 2. The zero-order chi connectivity index (χ0) is 19.2. The van der Waals surface area contributed by atoms with Gasteiger partial charge in [-0.2, -0.15) is 0 Å². The van der Waals surface area contributed by atoms with Crippen LogP contribution < -0.4 is 14.8 Å². The number of hydrogen-bond acceptors (Lipinski definition) is 5. The number of nitrogens with zero attached hydrogens (tertiary/aromatic N) is 1. The van der Waals surface area contributed by atoms with Gasteiger partial charge in [-0.15, -0.1) is 0 Å². The molecule has 0 spiro atoms. The van der Waals surface area contributed by atoms with E-state index < -0.39 is 0 Å². The van der Waals surface area contributed by atoms with Crippen molar-refractivity contribution >= 4 is 17.5 Å². The summed E-state index contributed by atoms with van der Waals surface area (Å²) in [6.45, 7) is 0.441. The van der Waals surface area contributed by atoms with Crippen LogP contribution in [0.2, 0.25) is 5.02 Å². The van der Waals surface area contributed by atoms with E-state index >= 15 is 0 Å². The Kier molecular flexibility index (Phi) is 5.98. The summed E-state index contributed by atoms with van der Waals surface area (Å²) in [4.78, 5) is 16.5. The lowest BCUT2D eigenvalue weighted by Gasteiger charge is -2.10. The van der Waals surface area contributed by atoms with Gasteiger partial charge in [-0.05, 0) is 36.2 Å². The Morgan fingerprint density at radius 3 is 2.70 bits per heavy atom. The summed E-state index contributed by atoms with van der Waals surface area (Å²) in [5, 5.41) is 3.42. The number of amides is 1. The predicted octanol–water partition coefficient (Wildman–Crippen LogP) is 3.98. The molecule has 1 heterocycles. The summed E-state index contributed by atoms with van der Waals surface area (Å²) < 4.78 is 15.9. The highest BCUT2D eigenvalue weighted by Crippen LogP contribution is 2.28. The van der Waals surface area contributed by atoms with Crippen molar-refractivity contribution in [3.8, 4) is 22.8 Å². The van der Waals surface area contributed by atoms with Gasteiger partial charge in [0.2, 0.25) is 0 Å². The van der Waals surface area contributed by atoms with Crippen molar-refractivity contribution in [3.63, 3.8) is 0 Å². The molecule has 6 nitrogen and oxygen atoms in total.